The van der Waals surface area contributed by atoms with Gasteiger partial charge in [0.2, 0.25) is 0 Å². The number of para-hydroxylation sites is 1. The van der Waals surface area contributed by atoms with Crippen LogP contribution in [-0.2, 0) is 4.74 Å². The fourth-order valence-electron chi connectivity index (χ4n) is 2.58. The molecule has 1 saturated heterocycles. The summed E-state index contributed by atoms with van der Waals surface area (Å²) in [5, 5.41) is 11.8. The van der Waals surface area contributed by atoms with Crippen LogP contribution in [-0.4, -0.2) is 46.8 Å². The van der Waals surface area contributed by atoms with Crippen molar-refractivity contribution >= 4 is 17.7 Å². The number of hydrogen-bond acceptors (Lipinski definition) is 3. The molecular formula is C15H20N2O4. The number of benzene rings is 1. The van der Waals surface area contributed by atoms with Gasteiger partial charge in [0.1, 0.15) is 0 Å². The minimum absolute atomic E-state index is 0.0609. The van der Waals surface area contributed by atoms with Gasteiger partial charge in [-0.25, -0.2) is 9.59 Å². The molecule has 1 aliphatic rings. The van der Waals surface area contributed by atoms with Crippen molar-refractivity contribution in [3.05, 3.63) is 29.8 Å². The van der Waals surface area contributed by atoms with E-state index in [0.717, 1.165) is 0 Å². The summed E-state index contributed by atoms with van der Waals surface area (Å²) < 4.78 is 5.75. The zero-order valence-corrected chi connectivity index (χ0v) is 12.4. The highest BCUT2D eigenvalue weighted by Gasteiger charge is 2.33. The van der Waals surface area contributed by atoms with Crippen molar-refractivity contribution in [1.82, 2.24) is 4.90 Å². The maximum absolute atomic E-state index is 12.3. The second-order valence-corrected chi connectivity index (χ2v) is 5.85. The van der Waals surface area contributed by atoms with E-state index in [4.69, 9.17) is 9.84 Å². The zero-order chi connectivity index (χ0) is 15.6. The van der Waals surface area contributed by atoms with Crippen molar-refractivity contribution in [3.63, 3.8) is 0 Å². The number of hydrogen-bond donors (Lipinski definition) is 2. The summed E-state index contributed by atoms with van der Waals surface area (Å²) >= 11 is 0. The first kappa shape index (κ1) is 15.3. The van der Waals surface area contributed by atoms with Crippen molar-refractivity contribution in [3.8, 4) is 0 Å². The molecule has 114 valence electrons. The summed E-state index contributed by atoms with van der Waals surface area (Å²) in [7, 11) is 0. The highest BCUT2D eigenvalue weighted by Crippen LogP contribution is 2.22. The quantitative estimate of drug-likeness (QED) is 0.877. The number of carboxylic acid groups (broad SMARTS) is 1. The molecule has 0 bridgehead atoms. The van der Waals surface area contributed by atoms with Crippen LogP contribution in [0.2, 0.25) is 0 Å². The number of carboxylic acids is 1. The Bertz CT molecular complexity index is 556. The first-order valence-corrected chi connectivity index (χ1v) is 6.84. The van der Waals surface area contributed by atoms with Crippen LogP contribution >= 0.6 is 0 Å². The lowest BCUT2D eigenvalue weighted by Gasteiger charge is -2.41. The molecule has 21 heavy (non-hydrogen) atoms. The van der Waals surface area contributed by atoms with Crippen LogP contribution in [0.1, 0.15) is 31.1 Å². The predicted octanol–water partition coefficient (Wildman–Crippen LogP) is 2.42. The summed E-state index contributed by atoms with van der Waals surface area (Å²) in [5.41, 5.74) is -0.0419. The zero-order valence-electron chi connectivity index (χ0n) is 12.4. The Hall–Kier alpha value is -2.08. The number of anilines is 1. The molecule has 1 fully saturated rings. The fraction of sp³-hybridized carbons (Fsp3) is 0.467. The number of amides is 2. The lowest BCUT2D eigenvalue weighted by molar-refractivity contribution is -0.116. The molecule has 1 aromatic carbocycles. The summed E-state index contributed by atoms with van der Waals surface area (Å²) in [6, 6.07) is 6.04. The van der Waals surface area contributed by atoms with E-state index in [-0.39, 0.29) is 17.7 Å². The van der Waals surface area contributed by atoms with Crippen LogP contribution in [0.5, 0.6) is 0 Å². The summed E-state index contributed by atoms with van der Waals surface area (Å²) in [5.74, 6) is -1.07. The van der Waals surface area contributed by atoms with Gasteiger partial charge in [-0.05, 0) is 32.9 Å². The number of morpholine rings is 1. The van der Waals surface area contributed by atoms with E-state index in [1.807, 2.05) is 20.8 Å². The molecule has 1 aromatic rings. The topological polar surface area (TPSA) is 78.9 Å². The number of nitrogens with one attached hydrogen (secondary N) is 1. The number of nitrogens with zero attached hydrogens (tertiary/aromatic N) is 1. The third-order valence-corrected chi connectivity index (χ3v) is 3.26. The molecule has 2 N–H and O–H groups in total. The van der Waals surface area contributed by atoms with Gasteiger partial charge in [0.15, 0.2) is 0 Å². The number of rotatable bonds is 2. The third kappa shape index (κ3) is 3.72. The molecule has 1 aliphatic heterocycles. The Kier molecular flexibility index (Phi) is 4.18. The number of carbonyl (C=O) groups excluding carboxylic acids is 1. The normalized spacial score (nSPS) is 20.9. The average Bonchev–Trinajstić information content (AvgIpc) is 2.36. The van der Waals surface area contributed by atoms with Crippen LogP contribution < -0.4 is 5.32 Å². The fourth-order valence-corrected chi connectivity index (χ4v) is 2.58. The first-order valence-electron chi connectivity index (χ1n) is 6.84. The SMILES string of the molecule is CC1CN(C(=O)Nc2ccccc2C(=O)O)CC(C)(C)O1. The van der Waals surface area contributed by atoms with Gasteiger partial charge < -0.3 is 20.1 Å². The van der Waals surface area contributed by atoms with Gasteiger partial charge in [-0.3, -0.25) is 0 Å². The summed E-state index contributed by atoms with van der Waals surface area (Å²) in [6.45, 7) is 6.69. The van der Waals surface area contributed by atoms with E-state index in [9.17, 15) is 9.59 Å². The lowest BCUT2D eigenvalue weighted by Crippen LogP contribution is -2.54. The van der Waals surface area contributed by atoms with E-state index in [0.29, 0.717) is 18.8 Å². The maximum Gasteiger partial charge on any atom is 0.337 e. The van der Waals surface area contributed by atoms with Gasteiger partial charge in [-0.2, -0.15) is 0 Å². The Morgan fingerprint density at radius 1 is 1.38 bits per heavy atom. The lowest BCUT2D eigenvalue weighted by atomic mass is 10.1. The highest BCUT2D eigenvalue weighted by molar-refractivity contribution is 6.00. The molecule has 1 heterocycles. The minimum atomic E-state index is -1.07. The van der Waals surface area contributed by atoms with Crippen molar-refractivity contribution < 1.29 is 19.4 Å². The third-order valence-electron chi connectivity index (χ3n) is 3.26. The van der Waals surface area contributed by atoms with Gasteiger partial charge >= 0.3 is 12.0 Å². The van der Waals surface area contributed by atoms with Gasteiger partial charge in [-0.1, -0.05) is 12.1 Å². The Morgan fingerprint density at radius 3 is 2.67 bits per heavy atom. The molecule has 2 rings (SSSR count). The smallest absolute Gasteiger partial charge is 0.337 e. The number of carbonyl (C=O) groups is 2. The van der Waals surface area contributed by atoms with Crippen molar-refractivity contribution in [1.29, 1.82) is 0 Å². The van der Waals surface area contributed by atoms with Gasteiger partial charge in [0.25, 0.3) is 0 Å². The molecule has 0 radical (unpaired) electrons. The highest BCUT2D eigenvalue weighted by atomic mass is 16.5. The van der Waals surface area contributed by atoms with Crippen LogP contribution in [0.25, 0.3) is 0 Å². The average molecular weight is 292 g/mol. The van der Waals surface area contributed by atoms with Crippen LogP contribution in [0.4, 0.5) is 10.5 Å². The van der Waals surface area contributed by atoms with Crippen LogP contribution in [0, 0.1) is 0 Å². The molecule has 0 spiro atoms. The molecule has 6 heteroatoms. The summed E-state index contributed by atoms with van der Waals surface area (Å²) in [4.78, 5) is 25.1. The van der Waals surface area contributed by atoms with E-state index in [2.05, 4.69) is 5.32 Å². The molecule has 0 aliphatic carbocycles. The van der Waals surface area contributed by atoms with E-state index in [1.54, 1.807) is 23.1 Å². The van der Waals surface area contributed by atoms with Crippen LogP contribution in [0.3, 0.4) is 0 Å². The van der Waals surface area contributed by atoms with E-state index in [1.165, 1.54) is 6.07 Å². The Morgan fingerprint density at radius 2 is 2.05 bits per heavy atom. The predicted molar refractivity (Wildman–Crippen MR) is 78.6 cm³/mol. The molecule has 1 unspecified atom stereocenters. The van der Waals surface area contributed by atoms with Crippen LogP contribution in [0.15, 0.2) is 24.3 Å². The molecule has 0 aromatic heterocycles. The monoisotopic (exact) mass is 292 g/mol. The Balaban J connectivity index is 2.13. The van der Waals surface area contributed by atoms with Gasteiger partial charge in [0.05, 0.1) is 29.5 Å². The van der Waals surface area contributed by atoms with E-state index < -0.39 is 11.6 Å². The molecule has 1 atom stereocenters. The molecular weight excluding hydrogens is 272 g/mol. The first-order chi connectivity index (χ1) is 9.78. The molecule has 6 nitrogen and oxygen atoms in total. The molecule has 2 amide bonds. The van der Waals surface area contributed by atoms with Crippen molar-refractivity contribution in [2.24, 2.45) is 0 Å². The van der Waals surface area contributed by atoms with Gasteiger partial charge in [0, 0.05) is 6.54 Å². The number of urea groups is 1. The second-order valence-electron chi connectivity index (χ2n) is 5.85. The molecule has 0 saturated carbocycles. The van der Waals surface area contributed by atoms with Crippen molar-refractivity contribution in [2.75, 3.05) is 18.4 Å². The number of ether oxygens (including phenoxy) is 1. The minimum Gasteiger partial charge on any atom is -0.478 e. The Labute approximate surface area is 123 Å². The van der Waals surface area contributed by atoms with Gasteiger partial charge in [-0.15, -0.1) is 0 Å². The maximum atomic E-state index is 12.3. The number of aromatic carboxylic acids is 1. The standard InChI is InChI=1S/C15H20N2O4/c1-10-8-17(9-15(2,3)21-10)14(20)16-12-7-5-4-6-11(12)13(18)19/h4-7,10H,8-9H2,1-3H3,(H,16,20)(H,18,19). The van der Waals surface area contributed by atoms with Crippen molar-refractivity contribution in [2.45, 2.75) is 32.5 Å². The largest absolute Gasteiger partial charge is 0.478 e. The second kappa shape index (κ2) is 5.73. The summed E-state index contributed by atoms with van der Waals surface area (Å²) in [6.07, 6.45) is -0.0609. The van der Waals surface area contributed by atoms with E-state index >= 15 is 0 Å².